The lowest BCUT2D eigenvalue weighted by atomic mass is 9.48. The summed E-state index contributed by atoms with van der Waals surface area (Å²) in [5.74, 6) is 1.96. The van der Waals surface area contributed by atoms with Crippen LogP contribution < -0.4 is 5.32 Å². The molecule has 2 N–H and O–H groups in total. The highest BCUT2D eigenvalue weighted by Crippen LogP contribution is 2.64. The smallest absolute Gasteiger partial charge is 0.410 e. The molecule has 6 heteroatoms. The number of amides is 2. The molecule has 206 valence electrons. The fourth-order valence-corrected chi connectivity index (χ4v) is 9.21. The molecule has 1 aliphatic heterocycles. The van der Waals surface area contributed by atoms with E-state index in [2.05, 4.69) is 25.2 Å². The number of nitrogens with zero attached hydrogens (tertiary/aromatic N) is 1. The molecule has 3 saturated carbocycles. The Morgan fingerprint density at radius 3 is 2.68 bits per heavy atom. The maximum atomic E-state index is 13.6. The third kappa shape index (κ3) is 4.37. The highest BCUT2D eigenvalue weighted by atomic mass is 16.6. The lowest BCUT2D eigenvalue weighted by Crippen LogP contribution is -2.56. The lowest BCUT2D eigenvalue weighted by Gasteiger charge is -2.58. The number of benzene rings is 1. The van der Waals surface area contributed by atoms with Crippen LogP contribution in [0.15, 0.2) is 42.0 Å². The number of hydrogen-bond donors (Lipinski definition) is 2. The van der Waals surface area contributed by atoms with E-state index in [1.807, 2.05) is 30.3 Å². The number of fused-ring (bicyclic) bond motifs is 5. The van der Waals surface area contributed by atoms with Gasteiger partial charge in [0.1, 0.15) is 12.6 Å². The number of carbonyl (C=O) groups excluding carboxylic acids is 2. The zero-order valence-corrected chi connectivity index (χ0v) is 23.0. The van der Waals surface area contributed by atoms with Gasteiger partial charge in [-0.1, -0.05) is 55.8 Å². The molecule has 8 atom stereocenters. The van der Waals surface area contributed by atoms with Crippen molar-refractivity contribution in [3.05, 3.63) is 47.5 Å². The Morgan fingerprint density at radius 1 is 1.05 bits per heavy atom. The van der Waals surface area contributed by atoms with Gasteiger partial charge in [-0.3, -0.25) is 9.69 Å². The van der Waals surface area contributed by atoms with E-state index in [1.165, 1.54) is 12.0 Å². The number of aliphatic hydroxyl groups excluding tert-OH is 1. The second-order valence-corrected chi connectivity index (χ2v) is 13.2. The molecule has 0 unspecified atom stereocenters. The fraction of sp³-hybridized carbons (Fsp3) is 0.688. The van der Waals surface area contributed by atoms with E-state index in [0.717, 1.165) is 56.9 Å². The molecular weight excluding hydrogens is 476 g/mol. The largest absolute Gasteiger partial charge is 0.445 e. The highest BCUT2D eigenvalue weighted by Gasteiger charge is 2.59. The van der Waals surface area contributed by atoms with Crippen LogP contribution in [0.2, 0.25) is 0 Å². The molecule has 0 spiro atoms. The van der Waals surface area contributed by atoms with Crippen molar-refractivity contribution < 1.29 is 19.4 Å². The minimum absolute atomic E-state index is 0.00721. The molecule has 0 bridgehead atoms. The van der Waals surface area contributed by atoms with Gasteiger partial charge < -0.3 is 15.2 Å². The third-order valence-corrected chi connectivity index (χ3v) is 11.4. The molecule has 38 heavy (non-hydrogen) atoms. The van der Waals surface area contributed by atoms with Gasteiger partial charge in [-0.25, -0.2) is 4.79 Å². The summed E-state index contributed by atoms with van der Waals surface area (Å²) < 4.78 is 5.57. The normalized spacial score (nSPS) is 40.0. The van der Waals surface area contributed by atoms with E-state index in [0.29, 0.717) is 30.7 Å². The van der Waals surface area contributed by atoms with E-state index < -0.39 is 12.1 Å². The van der Waals surface area contributed by atoms with E-state index >= 15 is 0 Å². The van der Waals surface area contributed by atoms with Crippen LogP contribution in [-0.4, -0.2) is 46.7 Å². The summed E-state index contributed by atoms with van der Waals surface area (Å²) >= 11 is 0. The van der Waals surface area contributed by atoms with Crippen LogP contribution in [0.4, 0.5) is 4.79 Å². The second kappa shape index (κ2) is 10.0. The first-order chi connectivity index (χ1) is 18.3. The number of likely N-dealkylation sites (tertiary alicyclic amines) is 1. The zero-order valence-electron chi connectivity index (χ0n) is 23.0. The van der Waals surface area contributed by atoms with Gasteiger partial charge in [0, 0.05) is 12.6 Å². The van der Waals surface area contributed by atoms with Crippen LogP contribution in [0.3, 0.4) is 0 Å². The number of nitrogens with one attached hydrogen (secondary N) is 1. The van der Waals surface area contributed by atoms with Crippen molar-refractivity contribution in [2.24, 2.45) is 28.6 Å². The van der Waals surface area contributed by atoms with Crippen LogP contribution in [0.25, 0.3) is 0 Å². The predicted molar refractivity (Wildman–Crippen MR) is 146 cm³/mol. The van der Waals surface area contributed by atoms with Gasteiger partial charge in [0.2, 0.25) is 5.91 Å². The van der Waals surface area contributed by atoms with Crippen molar-refractivity contribution in [3.63, 3.8) is 0 Å². The minimum Gasteiger partial charge on any atom is -0.445 e. The summed E-state index contributed by atoms with van der Waals surface area (Å²) in [6.45, 7) is 5.67. The summed E-state index contributed by atoms with van der Waals surface area (Å²) in [5.41, 5.74) is 2.79. The molecule has 4 fully saturated rings. The molecular formula is C32H44N2O4. The van der Waals surface area contributed by atoms with Gasteiger partial charge in [-0.2, -0.15) is 0 Å². The van der Waals surface area contributed by atoms with Gasteiger partial charge in [0.15, 0.2) is 0 Å². The van der Waals surface area contributed by atoms with Crippen LogP contribution >= 0.6 is 0 Å². The van der Waals surface area contributed by atoms with Crippen molar-refractivity contribution in [3.8, 4) is 0 Å². The maximum absolute atomic E-state index is 13.6. The summed E-state index contributed by atoms with van der Waals surface area (Å²) in [4.78, 5) is 28.1. The number of ether oxygens (including phenoxy) is 1. The van der Waals surface area contributed by atoms with Gasteiger partial charge >= 0.3 is 6.09 Å². The number of rotatable bonds is 4. The van der Waals surface area contributed by atoms with Gasteiger partial charge in [-0.15, -0.1) is 0 Å². The maximum Gasteiger partial charge on any atom is 0.410 e. The Bertz CT molecular complexity index is 1090. The quantitative estimate of drug-likeness (QED) is 0.507. The first kappa shape index (κ1) is 25.9. The number of carbonyl (C=O) groups is 2. The Morgan fingerprint density at radius 2 is 1.87 bits per heavy atom. The second-order valence-electron chi connectivity index (χ2n) is 13.2. The predicted octanol–water partition coefficient (Wildman–Crippen LogP) is 5.60. The first-order valence-electron chi connectivity index (χ1n) is 14.9. The van der Waals surface area contributed by atoms with E-state index in [-0.39, 0.29) is 35.5 Å². The van der Waals surface area contributed by atoms with Crippen LogP contribution in [0.5, 0.6) is 0 Å². The molecule has 6 nitrogen and oxygen atoms in total. The van der Waals surface area contributed by atoms with Crippen molar-refractivity contribution in [2.45, 2.75) is 103 Å². The van der Waals surface area contributed by atoms with Crippen molar-refractivity contribution >= 4 is 12.0 Å². The van der Waals surface area contributed by atoms with Crippen LogP contribution in [-0.2, 0) is 16.1 Å². The molecule has 5 aliphatic rings. The molecule has 4 aliphatic carbocycles. The molecule has 1 heterocycles. The van der Waals surface area contributed by atoms with E-state index in [4.69, 9.17) is 4.74 Å². The van der Waals surface area contributed by atoms with Gasteiger partial charge in [0.25, 0.3) is 0 Å². The standard InChI is InChI=1S/C32H44N2O4/c1-31-16-14-23(35)19-22(31)10-11-24-25-12-13-28(32(25,2)17-15-26(24)31)33-29(36)27-9-6-18-34(27)30(37)38-20-21-7-4-3-5-8-21/h3-5,7-8,10,23-28,35H,6,9,11-20H2,1-2H3,(H,33,36)/t23-,24-,25-,26-,27+,28-,31-,32-/m0/s1. The number of aliphatic hydroxyl groups is 1. The van der Waals surface area contributed by atoms with Crippen molar-refractivity contribution in [1.29, 1.82) is 0 Å². The average molecular weight is 521 g/mol. The molecule has 2 amide bonds. The van der Waals surface area contributed by atoms with Crippen LogP contribution in [0.1, 0.15) is 83.6 Å². The Labute approximate surface area is 227 Å². The SMILES string of the molecule is C[C@]12CC[C@H]3[C@@H](CC=C4C[C@@H](O)CC[C@@]43C)[C@@H]1CC[C@@H]2NC(=O)[C@H]1CCCN1C(=O)OCc1ccccc1. The summed E-state index contributed by atoms with van der Waals surface area (Å²) in [6, 6.07) is 9.40. The third-order valence-electron chi connectivity index (χ3n) is 11.4. The Hall–Kier alpha value is -2.34. The number of hydrogen-bond acceptors (Lipinski definition) is 4. The lowest BCUT2D eigenvalue weighted by molar-refractivity contribution is -0.127. The fourth-order valence-electron chi connectivity index (χ4n) is 9.21. The molecule has 0 radical (unpaired) electrons. The summed E-state index contributed by atoms with van der Waals surface area (Å²) in [6.07, 6.45) is 12.0. The van der Waals surface area contributed by atoms with Crippen molar-refractivity contribution in [2.75, 3.05) is 6.54 Å². The monoisotopic (exact) mass is 520 g/mol. The topological polar surface area (TPSA) is 78.9 Å². The molecule has 0 aromatic heterocycles. The average Bonchev–Trinajstić information content (AvgIpc) is 3.53. The molecule has 1 aromatic rings. The van der Waals surface area contributed by atoms with E-state index in [9.17, 15) is 14.7 Å². The molecule has 1 aromatic carbocycles. The van der Waals surface area contributed by atoms with E-state index in [1.54, 1.807) is 4.90 Å². The molecule has 1 saturated heterocycles. The highest BCUT2D eigenvalue weighted by molar-refractivity contribution is 5.86. The Balaban J connectivity index is 1.11. The van der Waals surface area contributed by atoms with Crippen molar-refractivity contribution in [1.82, 2.24) is 10.2 Å². The first-order valence-corrected chi connectivity index (χ1v) is 14.9. The zero-order chi connectivity index (χ0) is 26.5. The summed E-state index contributed by atoms with van der Waals surface area (Å²) in [5, 5.41) is 13.7. The van der Waals surface area contributed by atoms with Gasteiger partial charge in [0.05, 0.1) is 6.10 Å². The van der Waals surface area contributed by atoms with Crippen LogP contribution in [0, 0.1) is 28.6 Å². The minimum atomic E-state index is -0.440. The molecule has 6 rings (SSSR count). The number of allylic oxidation sites excluding steroid dienone is 1. The Kier molecular flexibility index (Phi) is 6.82. The van der Waals surface area contributed by atoms with Gasteiger partial charge in [-0.05, 0) is 98.4 Å². The summed E-state index contributed by atoms with van der Waals surface area (Å²) in [7, 11) is 0.